The van der Waals surface area contributed by atoms with Gasteiger partial charge in [0.05, 0.1) is 32.2 Å². The van der Waals surface area contributed by atoms with Crippen LogP contribution in [0.2, 0.25) is 0 Å². The van der Waals surface area contributed by atoms with Crippen LogP contribution in [0.15, 0.2) is 131 Å². The van der Waals surface area contributed by atoms with Crippen LogP contribution in [0, 0.1) is 0 Å². The molecule has 0 amide bonds. The maximum absolute atomic E-state index is 13.3. The lowest BCUT2D eigenvalue weighted by atomic mass is 10.1. The number of rotatable bonds is 8. The molecular formula is C28H20N6O9S2. The predicted molar refractivity (Wildman–Crippen MR) is 162 cm³/mol. The van der Waals surface area contributed by atoms with Crippen LogP contribution >= 0.6 is 0 Å². The molecule has 15 nitrogen and oxygen atoms in total. The van der Waals surface area contributed by atoms with E-state index in [0.717, 1.165) is 24.3 Å². The molecule has 0 saturated heterocycles. The highest BCUT2D eigenvalue weighted by molar-refractivity contribution is 7.86. The molecule has 45 heavy (non-hydrogen) atoms. The number of phenols is 1. The van der Waals surface area contributed by atoms with Gasteiger partial charge < -0.3 is 5.11 Å². The van der Waals surface area contributed by atoms with Gasteiger partial charge in [0.15, 0.2) is 5.36 Å². The molecule has 0 aliphatic heterocycles. The fraction of sp³-hybridized carbons (Fsp3) is 0. The van der Waals surface area contributed by atoms with E-state index in [0.29, 0.717) is 17.4 Å². The van der Waals surface area contributed by atoms with Gasteiger partial charge in [-0.3, -0.25) is 29.5 Å². The molecule has 0 unspecified atom stereocenters. The first kappa shape index (κ1) is 30.8. The number of phenolic OH excluding ortho intramolecular Hbond substituents is 1. The van der Waals surface area contributed by atoms with Crippen LogP contribution in [0.4, 0.5) is 22.7 Å². The first-order valence-corrected chi connectivity index (χ1v) is 15.5. The molecule has 5 aromatic carbocycles. The van der Waals surface area contributed by atoms with Crippen molar-refractivity contribution in [3.8, 4) is 5.75 Å². The molecule has 0 radical (unpaired) electrons. The summed E-state index contributed by atoms with van der Waals surface area (Å²) >= 11 is 0. The summed E-state index contributed by atoms with van der Waals surface area (Å²) in [6, 6.07) is 21.2. The van der Waals surface area contributed by atoms with Crippen LogP contribution < -0.4 is 32.4 Å². The van der Waals surface area contributed by atoms with E-state index in [2.05, 4.69) is 31.3 Å². The quantitative estimate of drug-likeness (QED) is 0.0931. The monoisotopic (exact) mass is 648 g/mol. The van der Waals surface area contributed by atoms with E-state index in [1.807, 2.05) is 0 Å². The van der Waals surface area contributed by atoms with Gasteiger partial charge in [-0.1, -0.05) is 36.4 Å². The standard InChI is InChI=1S/C28H20N6O9S2/c35-24-14-20(45(41,42)43)12-16-11-19(44(38,39)40)13-21(25(16)24)31-33-23-15-22(32-29-17-7-3-1-4-8-17)27(36)26(28(23)37)34-30-18-9-5-2-6-10-18/h1-15,29-30,35H,(H,38,39,40)(H,41,42,43)/b32-22-,33-31?,34-26+. The molecule has 228 valence electrons. The second kappa shape index (κ2) is 12.2. The van der Waals surface area contributed by atoms with Crippen molar-refractivity contribution in [1.29, 1.82) is 0 Å². The molecule has 0 aliphatic carbocycles. The van der Waals surface area contributed by atoms with Gasteiger partial charge in [0.1, 0.15) is 16.8 Å². The molecular weight excluding hydrogens is 628 g/mol. The molecule has 5 rings (SSSR count). The van der Waals surface area contributed by atoms with Crippen LogP contribution in [-0.2, 0) is 20.2 Å². The van der Waals surface area contributed by atoms with Gasteiger partial charge in [-0.05, 0) is 47.9 Å². The minimum atomic E-state index is -4.90. The maximum Gasteiger partial charge on any atom is 0.294 e. The van der Waals surface area contributed by atoms with Crippen molar-refractivity contribution in [2.24, 2.45) is 20.4 Å². The SMILES string of the molecule is O=c1c(N=Nc2cc(S(=O)(=O)O)cc3cc(S(=O)(=O)O)cc(O)c23)c/c(=N/Nc2ccccc2)c(=O)/c1=N\Nc1ccccc1. The number of aromatic hydroxyl groups is 1. The molecule has 0 atom stereocenters. The van der Waals surface area contributed by atoms with Crippen molar-refractivity contribution < 1.29 is 31.0 Å². The highest BCUT2D eigenvalue weighted by atomic mass is 32.2. The van der Waals surface area contributed by atoms with E-state index in [4.69, 9.17) is 0 Å². The Bertz CT molecular complexity index is 2420. The van der Waals surface area contributed by atoms with Gasteiger partial charge >= 0.3 is 0 Å². The van der Waals surface area contributed by atoms with Crippen molar-refractivity contribution in [3.05, 3.63) is 122 Å². The first-order valence-electron chi connectivity index (χ1n) is 12.6. The van der Waals surface area contributed by atoms with Crippen LogP contribution in [0.25, 0.3) is 10.8 Å². The molecule has 0 saturated carbocycles. The largest absolute Gasteiger partial charge is 0.507 e. The molecule has 0 spiro atoms. The second-order valence-electron chi connectivity index (χ2n) is 9.23. The third-order valence-corrected chi connectivity index (χ3v) is 7.80. The topological polar surface area (TPSA) is 237 Å². The Balaban J connectivity index is 1.72. The third kappa shape index (κ3) is 6.97. The molecule has 0 heterocycles. The van der Waals surface area contributed by atoms with Crippen LogP contribution in [0.3, 0.4) is 0 Å². The highest BCUT2D eigenvalue weighted by Gasteiger charge is 2.20. The smallest absolute Gasteiger partial charge is 0.294 e. The number of hydrogen-bond acceptors (Lipinski definition) is 13. The Morgan fingerprint density at radius 3 is 1.67 bits per heavy atom. The van der Waals surface area contributed by atoms with Gasteiger partial charge in [-0.15, -0.1) is 10.2 Å². The number of para-hydroxylation sites is 2. The lowest BCUT2D eigenvalue weighted by molar-refractivity contribution is 0.471. The fourth-order valence-corrected chi connectivity index (χ4v) is 5.11. The molecule has 0 aliphatic rings. The minimum Gasteiger partial charge on any atom is -0.507 e. The van der Waals surface area contributed by atoms with Gasteiger partial charge in [0.25, 0.3) is 20.2 Å². The van der Waals surface area contributed by atoms with Gasteiger partial charge in [0.2, 0.25) is 10.9 Å². The number of nitrogens with one attached hydrogen (secondary N) is 2. The number of nitrogens with zero attached hydrogens (tertiary/aromatic N) is 4. The summed E-state index contributed by atoms with van der Waals surface area (Å²) in [5.74, 6) is -0.751. The van der Waals surface area contributed by atoms with Crippen LogP contribution in [0.1, 0.15) is 0 Å². The Morgan fingerprint density at radius 2 is 1.11 bits per heavy atom. The fourth-order valence-electron chi connectivity index (χ4n) is 4.04. The van der Waals surface area contributed by atoms with Crippen molar-refractivity contribution >= 4 is 53.8 Å². The molecule has 0 bridgehead atoms. The van der Waals surface area contributed by atoms with Crippen molar-refractivity contribution in [2.75, 3.05) is 10.9 Å². The van der Waals surface area contributed by atoms with Crippen LogP contribution in [0.5, 0.6) is 5.75 Å². The number of benzene rings is 5. The number of azo groups is 1. The van der Waals surface area contributed by atoms with E-state index in [1.165, 1.54) is 0 Å². The van der Waals surface area contributed by atoms with E-state index < -0.39 is 63.4 Å². The second-order valence-corrected chi connectivity index (χ2v) is 12.1. The molecule has 0 aromatic heterocycles. The number of anilines is 2. The zero-order valence-corrected chi connectivity index (χ0v) is 24.2. The average molecular weight is 649 g/mol. The summed E-state index contributed by atoms with van der Waals surface area (Å²) in [5.41, 5.74) is 3.52. The van der Waals surface area contributed by atoms with Crippen molar-refractivity contribution in [1.82, 2.24) is 0 Å². The lowest BCUT2D eigenvalue weighted by Crippen LogP contribution is -2.48. The molecule has 5 aromatic rings. The van der Waals surface area contributed by atoms with E-state index in [-0.39, 0.29) is 16.1 Å². The van der Waals surface area contributed by atoms with Crippen molar-refractivity contribution in [3.63, 3.8) is 0 Å². The normalized spacial score (nSPS) is 13.0. The minimum absolute atomic E-state index is 0.238. The maximum atomic E-state index is 13.3. The van der Waals surface area contributed by atoms with E-state index in [9.17, 15) is 40.6 Å². The Labute approximate surface area is 253 Å². The predicted octanol–water partition coefficient (Wildman–Crippen LogP) is 2.91. The van der Waals surface area contributed by atoms with Gasteiger partial charge in [-0.2, -0.15) is 27.0 Å². The number of fused-ring (bicyclic) bond motifs is 1. The van der Waals surface area contributed by atoms with E-state index >= 15 is 0 Å². The molecule has 5 N–H and O–H groups in total. The van der Waals surface area contributed by atoms with Crippen LogP contribution in [-0.4, -0.2) is 31.0 Å². The zero-order chi connectivity index (χ0) is 32.4. The summed E-state index contributed by atoms with van der Waals surface area (Å²) in [7, 11) is -9.73. The summed E-state index contributed by atoms with van der Waals surface area (Å²) in [6.45, 7) is 0. The van der Waals surface area contributed by atoms with Crippen molar-refractivity contribution in [2.45, 2.75) is 9.79 Å². The summed E-state index contributed by atoms with van der Waals surface area (Å²) in [5, 5.41) is 25.0. The summed E-state index contributed by atoms with van der Waals surface area (Å²) in [6.07, 6.45) is 0. The average Bonchev–Trinajstić information content (AvgIpc) is 2.99. The Kier molecular flexibility index (Phi) is 8.34. The van der Waals surface area contributed by atoms with E-state index in [1.54, 1.807) is 60.7 Å². The Morgan fingerprint density at radius 1 is 0.600 bits per heavy atom. The summed E-state index contributed by atoms with van der Waals surface area (Å²) < 4.78 is 66.3. The highest BCUT2D eigenvalue weighted by Crippen LogP contribution is 2.38. The first-order chi connectivity index (χ1) is 21.3. The Hall–Kier alpha value is -5.62. The zero-order valence-electron chi connectivity index (χ0n) is 22.6. The van der Waals surface area contributed by atoms with Gasteiger partial charge in [0, 0.05) is 12.1 Å². The molecule has 0 fully saturated rings. The number of hydrogen-bond donors (Lipinski definition) is 5. The summed E-state index contributed by atoms with van der Waals surface area (Å²) in [4.78, 5) is 25.0. The van der Waals surface area contributed by atoms with Gasteiger partial charge in [-0.25, -0.2) is 0 Å². The molecule has 17 heteroatoms. The third-order valence-electron chi connectivity index (χ3n) is 6.13. The lowest BCUT2D eigenvalue weighted by Gasteiger charge is -2.09.